The first-order valence-corrected chi connectivity index (χ1v) is 8.34. The molecule has 1 rings (SSSR count). The molecule has 0 fully saturated rings. The molecule has 0 aliphatic heterocycles. The molecule has 1 unspecified atom stereocenters. The summed E-state index contributed by atoms with van der Waals surface area (Å²) in [6, 6.07) is 9.43. The van der Waals surface area contributed by atoms with Gasteiger partial charge in [-0.2, -0.15) is 11.8 Å². The van der Waals surface area contributed by atoms with Crippen LogP contribution in [0.1, 0.15) is 38.2 Å². The lowest BCUT2D eigenvalue weighted by molar-refractivity contribution is -0.138. The molecular weight excluding hydrogens is 270 g/mol. The first-order valence-electron chi connectivity index (χ1n) is 7.12. The Bertz CT molecular complexity index is 396. The van der Waals surface area contributed by atoms with Crippen LogP contribution in [-0.4, -0.2) is 35.2 Å². The van der Waals surface area contributed by atoms with E-state index in [1.165, 1.54) is 0 Å². The normalized spacial score (nSPS) is 13.2. The third kappa shape index (κ3) is 4.53. The molecule has 0 heterocycles. The van der Waals surface area contributed by atoms with E-state index in [-0.39, 0.29) is 4.75 Å². The summed E-state index contributed by atoms with van der Waals surface area (Å²) in [7, 11) is 0. The predicted molar refractivity (Wildman–Crippen MR) is 86.5 cm³/mol. The maximum atomic E-state index is 11.4. The average Bonchev–Trinajstić information content (AvgIpc) is 2.49. The van der Waals surface area contributed by atoms with Gasteiger partial charge in [0.25, 0.3) is 0 Å². The monoisotopic (exact) mass is 295 g/mol. The Kier molecular flexibility index (Phi) is 7.10. The zero-order chi connectivity index (χ0) is 15.0. The molecule has 20 heavy (non-hydrogen) atoms. The molecular formula is C16H25NO2S. The van der Waals surface area contributed by atoms with Crippen LogP contribution < -0.4 is 5.32 Å². The van der Waals surface area contributed by atoms with Crippen molar-refractivity contribution in [2.24, 2.45) is 0 Å². The van der Waals surface area contributed by atoms with Gasteiger partial charge in [-0.25, -0.2) is 0 Å². The van der Waals surface area contributed by atoms with Crippen LogP contribution in [0.15, 0.2) is 30.3 Å². The van der Waals surface area contributed by atoms with Crippen molar-refractivity contribution in [1.82, 2.24) is 5.32 Å². The fraction of sp³-hybridized carbons (Fsp3) is 0.562. The second-order valence-electron chi connectivity index (χ2n) is 5.03. The van der Waals surface area contributed by atoms with E-state index in [0.29, 0.717) is 6.54 Å². The highest BCUT2D eigenvalue weighted by atomic mass is 32.2. The van der Waals surface area contributed by atoms with Gasteiger partial charge in [0.05, 0.1) is 5.92 Å². The topological polar surface area (TPSA) is 49.3 Å². The van der Waals surface area contributed by atoms with Gasteiger partial charge in [0.1, 0.15) is 0 Å². The number of rotatable bonds is 9. The maximum Gasteiger partial charge on any atom is 0.312 e. The van der Waals surface area contributed by atoms with Gasteiger partial charge < -0.3 is 10.4 Å². The first kappa shape index (κ1) is 17.1. The number of hydrogen-bond acceptors (Lipinski definition) is 3. The van der Waals surface area contributed by atoms with Gasteiger partial charge in [0.15, 0.2) is 0 Å². The molecule has 3 nitrogen and oxygen atoms in total. The molecule has 112 valence electrons. The second-order valence-corrected chi connectivity index (χ2v) is 6.30. The van der Waals surface area contributed by atoms with Gasteiger partial charge in [0.2, 0.25) is 0 Å². The van der Waals surface area contributed by atoms with Crippen LogP contribution in [0.25, 0.3) is 0 Å². The number of hydrogen-bond donors (Lipinski definition) is 2. The molecule has 0 aliphatic rings. The van der Waals surface area contributed by atoms with Crippen LogP contribution in [0, 0.1) is 0 Å². The number of nitrogens with one attached hydrogen (secondary N) is 1. The van der Waals surface area contributed by atoms with Crippen molar-refractivity contribution in [3.63, 3.8) is 0 Å². The van der Waals surface area contributed by atoms with E-state index >= 15 is 0 Å². The number of thioether (sulfide) groups is 1. The van der Waals surface area contributed by atoms with E-state index < -0.39 is 11.9 Å². The van der Waals surface area contributed by atoms with E-state index in [1.54, 1.807) is 0 Å². The van der Waals surface area contributed by atoms with Crippen molar-refractivity contribution in [1.29, 1.82) is 0 Å². The van der Waals surface area contributed by atoms with Crippen LogP contribution in [0.4, 0.5) is 0 Å². The Morgan fingerprint density at radius 3 is 2.35 bits per heavy atom. The summed E-state index contributed by atoms with van der Waals surface area (Å²) >= 11 is 1.86. The van der Waals surface area contributed by atoms with Crippen LogP contribution in [0.3, 0.4) is 0 Å². The van der Waals surface area contributed by atoms with Crippen molar-refractivity contribution in [3.8, 4) is 0 Å². The Balaban J connectivity index is 2.63. The Morgan fingerprint density at radius 1 is 1.30 bits per heavy atom. The fourth-order valence-corrected chi connectivity index (χ4v) is 3.16. The lowest BCUT2D eigenvalue weighted by Gasteiger charge is -2.30. The van der Waals surface area contributed by atoms with E-state index in [1.807, 2.05) is 42.1 Å². The van der Waals surface area contributed by atoms with Crippen molar-refractivity contribution in [2.45, 2.75) is 37.4 Å². The SMILES string of the molecule is CCC(CC)(CNCC(C(=O)O)c1ccccc1)SC. The van der Waals surface area contributed by atoms with Gasteiger partial charge in [-0.3, -0.25) is 4.79 Å². The Hall–Kier alpha value is -1.00. The third-order valence-corrected chi connectivity index (χ3v) is 5.61. The van der Waals surface area contributed by atoms with Crippen LogP contribution in [0.2, 0.25) is 0 Å². The van der Waals surface area contributed by atoms with Crippen molar-refractivity contribution < 1.29 is 9.90 Å². The number of carbonyl (C=O) groups is 1. The Morgan fingerprint density at radius 2 is 1.90 bits per heavy atom. The van der Waals surface area contributed by atoms with Gasteiger partial charge in [-0.05, 0) is 24.7 Å². The first-order chi connectivity index (χ1) is 9.58. The highest BCUT2D eigenvalue weighted by Crippen LogP contribution is 2.29. The van der Waals surface area contributed by atoms with Gasteiger partial charge in [-0.15, -0.1) is 0 Å². The van der Waals surface area contributed by atoms with E-state index in [9.17, 15) is 9.90 Å². The molecule has 0 amide bonds. The molecule has 0 bridgehead atoms. The minimum absolute atomic E-state index is 0.208. The lowest BCUT2D eigenvalue weighted by Crippen LogP contribution is -2.39. The predicted octanol–water partition coefficient (Wildman–Crippen LogP) is 3.37. The van der Waals surface area contributed by atoms with Crippen LogP contribution >= 0.6 is 11.8 Å². The van der Waals surface area contributed by atoms with Crippen molar-refractivity contribution in [3.05, 3.63) is 35.9 Å². The maximum absolute atomic E-state index is 11.4. The van der Waals surface area contributed by atoms with Crippen molar-refractivity contribution >= 4 is 17.7 Å². The number of carboxylic acids is 1. The Labute approximate surface area is 126 Å². The molecule has 2 N–H and O–H groups in total. The zero-order valence-corrected chi connectivity index (χ0v) is 13.4. The molecule has 0 spiro atoms. The molecule has 0 saturated heterocycles. The van der Waals surface area contributed by atoms with E-state index in [4.69, 9.17) is 0 Å². The van der Waals surface area contributed by atoms with Gasteiger partial charge in [-0.1, -0.05) is 44.2 Å². The lowest BCUT2D eigenvalue weighted by atomic mass is 9.98. The van der Waals surface area contributed by atoms with Crippen molar-refractivity contribution in [2.75, 3.05) is 19.3 Å². The van der Waals surface area contributed by atoms with Crippen LogP contribution in [0.5, 0.6) is 0 Å². The summed E-state index contributed by atoms with van der Waals surface area (Å²) in [6.45, 7) is 5.69. The zero-order valence-electron chi connectivity index (χ0n) is 12.6. The van der Waals surface area contributed by atoms with Gasteiger partial charge in [0, 0.05) is 17.8 Å². The molecule has 1 aromatic carbocycles. The highest BCUT2D eigenvalue weighted by molar-refractivity contribution is 8.00. The summed E-state index contributed by atoms with van der Waals surface area (Å²) in [5.41, 5.74) is 0.857. The molecule has 1 atom stereocenters. The molecule has 1 aromatic rings. The standard InChI is InChI=1S/C16H25NO2S/c1-4-16(5-2,20-3)12-17-11-14(15(18)19)13-9-7-6-8-10-13/h6-10,14,17H,4-5,11-12H2,1-3H3,(H,18,19). The largest absolute Gasteiger partial charge is 0.481 e. The molecule has 0 aliphatic carbocycles. The van der Waals surface area contributed by atoms with E-state index in [0.717, 1.165) is 24.9 Å². The van der Waals surface area contributed by atoms with Crippen LogP contribution in [-0.2, 0) is 4.79 Å². The quantitative estimate of drug-likeness (QED) is 0.733. The summed E-state index contributed by atoms with van der Waals surface area (Å²) in [6.07, 6.45) is 4.29. The molecule has 0 aromatic heterocycles. The summed E-state index contributed by atoms with van der Waals surface area (Å²) in [4.78, 5) is 11.4. The summed E-state index contributed by atoms with van der Waals surface area (Å²) in [5, 5.41) is 12.7. The summed E-state index contributed by atoms with van der Waals surface area (Å²) in [5.74, 6) is -1.25. The highest BCUT2D eigenvalue weighted by Gasteiger charge is 2.26. The molecule has 0 radical (unpaired) electrons. The van der Waals surface area contributed by atoms with Gasteiger partial charge >= 0.3 is 5.97 Å². The summed E-state index contributed by atoms with van der Waals surface area (Å²) < 4.78 is 0.208. The number of benzene rings is 1. The minimum Gasteiger partial charge on any atom is -0.481 e. The fourth-order valence-electron chi connectivity index (χ4n) is 2.34. The molecule has 0 saturated carbocycles. The smallest absolute Gasteiger partial charge is 0.312 e. The average molecular weight is 295 g/mol. The third-order valence-electron chi connectivity index (χ3n) is 4.02. The van der Waals surface area contributed by atoms with E-state index in [2.05, 4.69) is 25.4 Å². The molecule has 4 heteroatoms. The second kappa shape index (κ2) is 8.32. The minimum atomic E-state index is -0.772. The number of carboxylic acid groups (broad SMARTS) is 1. The number of aliphatic carboxylic acids is 1.